The molecule has 0 bridgehead atoms. The van der Waals surface area contributed by atoms with E-state index in [-0.39, 0.29) is 0 Å². The van der Waals surface area contributed by atoms with Crippen LogP contribution in [0.25, 0.3) is 33.1 Å². The topological polar surface area (TPSA) is 93.6 Å². The average Bonchev–Trinajstić information content (AvgIpc) is 2.84. The summed E-state index contributed by atoms with van der Waals surface area (Å²) in [5, 5.41) is 2.05. The van der Waals surface area contributed by atoms with Gasteiger partial charge in [-0.15, -0.1) is 0 Å². The van der Waals surface area contributed by atoms with Gasteiger partial charge in [-0.3, -0.25) is 0 Å². The van der Waals surface area contributed by atoms with E-state index in [4.69, 9.17) is 11.5 Å². The summed E-state index contributed by atoms with van der Waals surface area (Å²) in [5.41, 5.74) is 16.2. The third-order valence-electron chi connectivity index (χ3n) is 3.58. The number of nitrogens with one attached hydrogen (secondary N) is 1. The third kappa shape index (κ3) is 1.87. The van der Waals surface area contributed by atoms with Gasteiger partial charge in [0, 0.05) is 28.2 Å². The number of anilines is 2. The van der Waals surface area contributed by atoms with E-state index in [1.165, 1.54) is 0 Å². The molecule has 0 aliphatic carbocycles. The second kappa shape index (κ2) is 4.21. The van der Waals surface area contributed by atoms with Crippen LogP contribution in [0.15, 0.2) is 48.8 Å². The highest BCUT2D eigenvalue weighted by Gasteiger charge is 2.08. The molecule has 102 valence electrons. The Morgan fingerprint density at radius 1 is 0.857 bits per heavy atom. The minimum Gasteiger partial charge on any atom is -0.399 e. The summed E-state index contributed by atoms with van der Waals surface area (Å²) in [4.78, 5) is 11.8. The molecule has 3 heterocycles. The van der Waals surface area contributed by atoms with Crippen LogP contribution >= 0.6 is 0 Å². The van der Waals surface area contributed by atoms with Crippen LogP contribution in [0.1, 0.15) is 0 Å². The summed E-state index contributed by atoms with van der Waals surface area (Å²) in [6.07, 6.45) is 3.57. The van der Waals surface area contributed by atoms with E-state index in [0.717, 1.165) is 38.8 Å². The van der Waals surface area contributed by atoms with E-state index in [1.54, 1.807) is 6.20 Å². The molecule has 4 aromatic rings. The van der Waals surface area contributed by atoms with Crippen molar-refractivity contribution in [3.63, 3.8) is 0 Å². The molecule has 5 heteroatoms. The molecule has 0 aliphatic heterocycles. The Bertz CT molecular complexity index is 971. The molecule has 0 unspecified atom stereocenters. The van der Waals surface area contributed by atoms with Crippen molar-refractivity contribution < 1.29 is 0 Å². The van der Waals surface area contributed by atoms with Crippen LogP contribution in [-0.4, -0.2) is 15.0 Å². The van der Waals surface area contributed by atoms with Crippen molar-refractivity contribution in [1.29, 1.82) is 0 Å². The molecule has 1 aromatic carbocycles. The fourth-order valence-electron chi connectivity index (χ4n) is 2.57. The van der Waals surface area contributed by atoms with E-state index in [2.05, 4.69) is 21.0 Å². The van der Waals surface area contributed by atoms with Crippen LogP contribution in [0, 0.1) is 0 Å². The van der Waals surface area contributed by atoms with E-state index in [9.17, 15) is 0 Å². The van der Waals surface area contributed by atoms with Crippen molar-refractivity contribution in [2.45, 2.75) is 0 Å². The number of rotatable bonds is 1. The first-order chi connectivity index (χ1) is 10.2. The predicted octanol–water partition coefficient (Wildman–Crippen LogP) is 2.94. The van der Waals surface area contributed by atoms with Crippen molar-refractivity contribution in [3.8, 4) is 11.1 Å². The highest BCUT2D eigenvalue weighted by atomic mass is 14.9. The van der Waals surface area contributed by atoms with Crippen LogP contribution < -0.4 is 11.5 Å². The first-order valence-corrected chi connectivity index (χ1v) is 6.59. The molecule has 0 fully saturated rings. The van der Waals surface area contributed by atoms with Gasteiger partial charge in [-0.25, -0.2) is 9.97 Å². The number of fused-ring (bicyclic) bond motifs is 3. The Labute approximate surface area is 120 Å². The normalized spacial score (nSPS) is 11.2. The number of pyridine rings is 2. The monoisotopic (exact) mass is 275 g/mol. The van der Waals surface area contributed by atoms with Crippen molar-refractivity contribution in [3.05, 3.63) is 48.8 Å². The molecule has 0 spiro atoms. The van der Waals surface area contributed by atoms with E-state index < -0.39 is 0 Å². The van der Waals surface area contributed by atoms with Gasteiger partial charge in [0.15, 0.2) is 0 Å². The van der Waals surface area contributed by atoms with Gasteiger partial charge in [0.2, 0.25) is 0 Å². The summed E-state index contributed by atoms with van der Waals surface area (Å²) in [6.45, 7) is 0. The van der Waals surface area contributed by atoms with Gasteiger partial charge in [-0.05, 0) is 29.8 Å². The first-order valence-electron chi connectivity index (χ1n) is 6.59. The second-order valence-corrected chi connectivity index (χ2v) is 5.03. The van der Waals surface area contributed by atoms with Crippen LogP contribution in [-0.2, 0) is 0 Å². The lowest BCUT2D eigenvalue weighted by molar-refractivity contribution is 1.32. The molecule has 21 heavy (non-hydrogen) atoms. The lowest BCUT2D eigenvalue weighted by Crippen LogP contribution is -1.87. The largest absolute Gasteiger partial charge is 0.399 e. The highest BCUT2D eigenvalue weighted by Crippen LogP contribution is 2.29. The number of hydrogen-bond donors (Lipinski definition) is 3. The SMILES string of the molecule is Nc1cccc(-c2cnc3[nH]c4cnc(N)cc4c3c2)c1. The molecule has 0 aliphatic rings. The minimum absolute atomic E-state index is 0.498. The van der Waals surface area contributed by atoms with Crippen LogP contribution in [0.5, 0.6) is 0 Å². The maximum Gasteiger partial charge on any atom is 0.138 e. The Hall–Kier alpha value is -3.08. The molecule has 4 rings (SSSR count). The standard InChI is InChI=1S/C16H13N5/c17-11-3-1-2-9(4-11)10-5-13-12-6-15(18)19-8-14(12)21-16(13)20-7-10/h1-8H,17H2,(H2,18,19)(H,20,21). The summed E-state index contributed by atoms with van der Waals surface area (Å²) >= 11 is 0. The molecule has 0 amide bonds. The van der Waals surface area contributed by atoms with Crippen LogP contribution in [0.3, 0.4) is 0 Å². The zero-order valence-electron chi connectivity index (χ0n) is 11.2. The number of nitrogen functional groups attached to an aromatic ring is 2. The number of aromatic nitrogens is 3. The minimum atomic E-state index is 0.498. The van der Waals surface area contributed by atoms with Gasteiger partial charge >= 0.3 is 0 Å². The quantitative estimate of drug-likeness (QED) is 0.465. The summed E-state index contributed by atoms with van der Waals surface area (Å²) in [6, 6.07) is 11.7. The Morgan fingerprint density at radius 2 is 1.76 bits per heavy atom. The Kier molecular flexibility index (Phi) is 2.35. The summed E-state index contributed by atoms with van der Waals surface area (Å²) in [7, 11) is 0. The average molecular weight is 275 g/mol. The number of H-pyrrole nitrogens is 1. The lowest BCUT2D eigenvalue weighted by Gasteiger charge is -2.02. The van der Waals surface area contributed by atoms with Gasteiger partial charge in [0.05, 0.1) is 11.7 Å². The number of benzene rings is 1. The predicted molar refractivity (Wildman–Crippen MR) is 85.7 cm³/mol. The van der Waals surface area contributed by atoms with Crippen LogP contribution in [0.2, 0.25) is 0 Å². The summed E-state index contributed by atoms with van der Waals surface area (Å²) in [5.74, 6) is 0.498. The summed E-state index contributed by atoms with van der Waals surface area (Å²) < 4.78 is 0. The molecule has 5 N–H and O–H groups in total. The van der Waals surface area contributed by atoms with E-state index in [0.29, 0.717) is 5.82 Å². The molecule has 5 nitrogen and oxygen atoms in total. The van der Waals surface area contributed by atoms with E-state index >= 15 is 0 Å². The number of nitrogens with zero attached hydrogens (tertiary/aromatic N) is 2. The zero-order chi connectivity index (χ0) is 14.4. The molecule has 0 saturated heterocycles. The molecule has 0 radical (unpaired) electrons. The molecular formula is C16H13N5. The fraction of sp³-hybridized carbons (Fsp3) is 0. The highest BCUT2D eigenvalue weighted by molar-refractivity contribution is 6.07. The van der Waals surface area contributed by atoms with Gasteiger partial charge in [-0.2, -0.15) is 0 Å². The maximum absolute atomic E-state index is 5.85. The number of nitrogens with two attached hydrogens (primary N) is 2. The first kappa shape index (κ1) is 11.7. The van der Waals surface area contributed by atoms with Crippen molar-refractivity contribution in [2.75, 3.05) is 11.5 Å². The van der Waals surface area contributed by atoms with Crippen LogP contribution in [0.4, 0.5) is 11.5 Å². The van der Waals surface area contributed by atoms with Crippen molar-refractivity contribution in [1.82, 2.24) is 15.0 Å². The van der Waals surface area contributed by atoms with Gasteiger partial charge in [-0.1, -0.05) is 12.1 Å². The number of aromatic amines is 1. The molecule has 0 atom stereocenters. The molecule has 0 saturated carbocycles. The Balaban J connectivity index is 2.00. The lowest BCUT2D eigenvalue weighted by atomic mass is 10.1. The van der Waals surface area contributed by atoms with Gasteiger partial charge < -0.3 is 16.5 Å². The van der Waals surface area contributed by atoms with E-state index in [1.807, 2.05) is 36.5 Å². The zero-order valence-corrected chi connectivity index (χ0v) is 11.2. The molecule has 3 aromatic heterocycles. The van der Waals surface area contributed by atoms with Gasteiger partial charge in [0.1, 0.15) is 11.5 Å². The third-order valence-corrected chi connectivity index (χ3v) is 3.58. The fourth-order valence-corrected chi connectivity index (χ4v) is 2.57. The van der Waals surface area contributed by atoms with Crippen molar-refractivity contribution in [2.24, 2.45) is 0 Å². The maximum atomic E-state index is 5.85. The van der Waals surface area contributed by atoms with Gasteiger partial charge in [0.25, 0.3) is 0 Å². The second-order valence-electron chi connectivity index (χ2n) is 5.03. The number of hydrogen-bond acceptors (Lipinski definition) is 4. The smallest absolute Gasteiger partial charge is 0.138 e. The van der Waals surface area contributed by atoms with Crippen molar-refractivity contribution >= 4 is 33.4 Å². The Morgan fingerprint density at radius 3 is 2.62 bits per heavy atom. The molecular weight excluding hydrogens is 262 g/mol.